The minimum absolute atomic E-state index is 0.0729. The number of aromatic amines is 1. The highest BCUT2D eigenvalue weighted by Crippen LogP contribution is 2.29. The lowest BCUT2D eigenvalue weighted by Gasteiger charge is -2.15. The number of nitrogens with one attached hydrogen (secondary N) is 1. The maximum Gasteiger partial charge on any atom is 0.270 e. The molecule has 128 valence electrons. The molecule has 1 aliphatic rings. The van der Waals surface area contributed by atoms with E-state index in [2.05, 4.69) is 34.2 Å². The van der Waals surface area contributed by atoms with Crippen molar-refractivity contribution in [1.82, 2.24) is 14.9 Å². The molecule has 0 spiro atoms. The molecule has 5 rings (SSSR count). The first kappa shape index (κ1) is 15.1. The van der Waals surface area contributed by atoms with Crippen LogP contribution >= 0.6 is 0 Å². The first-order chi connectivity index (χ1) is 12.8. The van der Waals surface area contributed by atoms with Crippen molar-refractivity contribution in [2.75, 3.05) is 13.1 Å². The largest absolute Gasteiger partial charge is 0.349 e. The van der Waals surface area contributed by atoms with Gasteiger partial charge in [0.15, 0.2) is 0 Å². The zero-order valence-corrected chi connectivity index (χ0v) is 14.4. The average molecular weight is 341 g/mol. The molecule has 1 aliphatic heterocycles. The summed E-state index contributed by atoms with van der Waals surface area (Å²) in [4.78, 5) is 22.8. The quantitative estimate of drug-likeness (QED) is 0.589. The standard InChI is InChI=1S/C22H19N3O/c26-22(25-12-10-18(14-25)15-5-2-1-3-6-15)19-13-17-9-8-16-7-4-11-23-20(16)21(17)24-19/h1-9,11,13,18,24H,10,12,14H2. The third-order valence-corrected chi connectivity index (χ3v) is 5.34. The van der Waals surface area contributed by atoms with Gasteiger partial charge in [-0.15, -0.1) is 0 Å². The molecule has 3 heterocycles. The third kappa shape index (κ3) is 2.46. The first-order valence-corrected chi connectivity index (χ1v) is 9.00. The molecule has 0 bridgehead atoms. The second kappa shape index (κ2) is 5.99. The molecule has 1 fully saturated rings. The zero-order valence-electron chi connectivity index (χ0n) is 14.4. The number of hydrogen-bond acceptors (Lipinski definition) is 2. The van der Waals surface area contributed by atoms with Crippen LogP contribution in [0.2, 0.25) is 0 Å². The lowest BCUT2D eigenvalue weighted by Crippen LogP contribution is -2.28. The Morgan fingerprint density at radius 3 is 2.77 bits per heavy atom. The van der Waals surface area contributed by atoms with E-state index in [-0.39, 0.29) is 5.91 Å². The smallest absolute Gasteiger partial charge is 0.270 e. The van der Waals surface area contributed by atoms with E-state index in [0.717, 1.165) is 41.3 Å². The number of amides is 1. The number of likely N-dealkylation sites (tertiary alicyclic amines) is 1. The van der Waals surface area contributed by atoms with Crippen LogP contribution in [0.3, 0.4) is 0 Å². The lowest BCUT2D eigenvalue weighted by atomic mass is 9.99. The SMILES string of the molecule is O=C(c1cc2ccc3cccnc3c2[nH]1)N1CCC(c2ccccc2)C1. The molecule has 1 atom stereocenters. The van der Waals surface area contributed by atoms with E-state index in [0.29, 0.717) is 11.6 Å². The predicted molar refractivity (Wildman–Crippen MR) is 103 cm³/mol. The van der Waals surface area contributed by atoms with Gasteiger partial charge in [0.05, 0.1) is 11.0 Å². The molecule has 1 N–H and O–H groups in total. The van der Waals surface area contributed by atoms with Gasteiger partial charge >= 0.3 is 0 Å². The second-order valence-electron chi connectivity index (χ2n) is 6.94. The molecule has 0 aliphatic carbocycles. The number of fused-ring (bicyclic) bond motifs is 3. The van der Waals surface area contributed by atoms with E-state index in [1.807, 2.05) is 41.3 Å². The molecule has 26 heavy (non-hydrogen) atoms. The van der Waals surface area contributed by atoms with Crippen molar-refractivity contribution in [3.63, 3.8) is 0 Å². The fraction of sp³-hybridized carbons (Fsp3) is 0.182. The number of carbonyl (C=O) groups excluding carboxylic acids is 1. The van der Waals surface area contributed by atoms with Crippen molar-refractivity contribution in [3.8, 4) is 0 Å². The molecule has 2 aromatic carbocycles. The Labute approximate surface area is 151 Å². The molecular formula is C22H19N3O. The van der Waals surface area contributed by atoms with Crippen LogP contribution in [-0.2, 0) is 0 Å². The Bertz CT molecular complexity index is 1100. The van der Waals surface area contributed by atoms with E-state index in [4.69, 9.17) is 0 Å². The Kier molecular flexibility index (Phi) is 3.49. The number of aromatic nitrogens is 2. The Morgan fingerprint density at radius 1 is 1.04 bits per heavy atom. The highest BCUT2D eigenvalue weighted by molar-refractivity contribution is 6.07. The summed E-state index contributed by atoms with van der Waals surface area (Å²) < 4.78 is 0. The van der Waals surface area contributed by atoms with Gasteiger partial charge in [-0.1, -0.05) is 48.5 Å². The van der Waals surface area contributed by atoms with Gasteiger partial charge in [-0.05, 0) is 24.1 Å². The van der Waals surface area contributed by atoms with E-state index in [1.165, 1.54) is 5.56 Å². The molecule has 4 heteroatoms. The molecule has 2 aromatic heterocycles. The van der Waals surface area contributed by atoms with Gasteiger partial charge in [-0.25, -0.2) is 0 Å². The van der Waals surface area contributed by atoms with Crippen LogP contribution in [0.25, 0.3) is 21.8 Å². The highest BCUT2D eigenvalue weighted by atomic mass is 16.2. The Hall–Kier alpha value is -3.14. The van der Waals surface area contributed by atoms with Crippen LogP contribution in [0.15, 0.2) is 66.9 Å². The molecule has 1 unspecified atom stereocenters. The topological polar surface area (TPSA) is 49.0 Å². The molecule has 4 aromatic rings. The van der Waals surface area contributed by atoms with Crippen molar-refractivity contribution < 1.29 is 4.79 Å². The second-order valence-corrected chi connectivity index (χ2v) is 6.94. The number of benzene rings is 2. The van der Waals surface area contributed by atoms with Crippen LogP contribution < -0.4 is 0 Å². The predicted octanol–water partition coefficient (Wildman–Crippen LogP) is 4.35. The minimum Gasteiger partial charge on any atom is -0.349 e. The average Bonchev–Trinajstić information content (AvgIpc) is 3.35. The van der Waals surface area contributed by atoms with Crippen molar-refractivity contribution >= 4 is 27.7 Å². The summed E-state index contributed by atoms with van der Waals surface area (Å²) >= 11 is 0. The van der Waals surface area contributed by atoms with Crippen molar-refractivity contribution in [1.29, 1.82) is 0 Å². The van der Waals surface area contributed by atoms with Gasteiger partial charge in [0.1, 0.15) is 5.69 Å². The number of hydrogen-bond donors (Lipinski definition) is 1. The molecule has 0 radical (unpaired) electrons. The maximum absolute atomic E-state index is 13.0. The number of rotatable bonds is 2. The van der Waals surface area contributed by atoms with Crippen LogP contribution in [-0.4, -0.2) is 33.9 Å². The van der Waals surface area contributed by atoms with Gasteiger partial charge in [0, 0.05) is 36.0 Å². The molecule has 1 saturated heterocycles. The summed E-state index contributed by atoms with van der Waals surface area (Å²) in [7, 11) is 0. The minimum atomic E-state index is 0.0729. The van der Waals surface area contributed by atoms with Crippen LogP contribution in [0, 0.1) is 0 Å². The molecular weight excluding hydrogens is 322 g/mol. The van der Waals surface area contributed by atoms with E-state index >= 15 is 0 Å². The summed E-state index contributed by atoms with van der Waals surface area (Å²) in [5.74, 6) is 0.496. The molecule has 1 amide bonds. The number of pyridine rings is 1. The fourth-order valence-electron chi connectivity index (χ4n) is 3.97. The lowest BCUT2D eigenvalue weighted by molar-refractivity contribution is 0.0786. The van der Waals surface area contributed by atoms with Gasteiger partial charge in [-0.3, -0.25) is 9.78 Å². The number of nitrogens with zero attached hydrogens (tertiary/aromatic N) is 2. The maximum atomic E-state index is 13.0. The van der Waals surface area contributed by atoms with E-state index in [9.17, 15) is 4.79 Å². The van der Waals surface area contributed by atoms with Crippen LogP contribution in [0.5, 0.6) is 0 Å². The van der Waals surface area contributed by atoms with Crippen molar-refractivity contribution in [2.45, 2.75) is 12.3 Å². The number of carbonyl (C=O) groups is 1. The monoisotopic (exact) mass is 341 g/mol. The zero-order chi connectivity index (χ0) is 17.5. The Balaban J connectivity index is 1.45. The Morgan fingerprint density at radius 2 is 1.88 bits per heavy atom. The highest BCUT2D eigenvalue weighted by Gasteiger charge is 2.28. The number of H-pyrrole nitrogens is 1. The summed E-state index contributed by atoms with van der Waals surface area (Å²) in [6.07, 6.45) is 2.80. The summed E-state index contributed by atoms with van der Waals surface area (Å²) in [5.41, 5.74) is 3.80. The third-order valence-electron chi connectivity index (χ3n) is 5.34. The first-order valence-electron chi connectivity index (χ1n) is 9.00. The molecule has 4 nitrogen and oxygen atoms in total. The van der Waals surface area contributed by atoms with Gasteiger partial charge in [0.25, 0.3) is 5.91 Å². The van der Waals surface area contributed by atoms with Crippen LogP contribution in [0.4, 0.5) is 0 Å². The molecule has 0 saturated carbocycles. The van der Waals surface area contributed by atoms with E-state index in [1.54, 1.807) is 6.20 Å². The summed E-state index contributed by atoms with van der Waals surface area (Å²) in [6, 6.07) is 20.5. The van der Waals surface area contributed by atoms with Crippen molar-refractivity contribution in [2.24, 2.45) is 0 Å². The van der Waals surface area contributed by atoms with Crippen molar-refractivity contribution in [3.05, 3.63) is 78.1 Å². The van der Waals surface area contributed by atoms with Gasteiger partial charge < -0.3 is 9.88 Å². The normalized spacial score (nSPS) is 17.2. The van der Waals surface area contributed by atoms with Gasteiger partial charge in [-0.2, -0.15) is 0 Å². The van der Waals surface area contributed by atoms with Crippen LogP contribution in [0.1, 0.15) is 28.4 Å². The summed E-state index contributed by atoms with van der Waals surface area (Å²) in [5, 5.41) is 2.10. The fourth-order valence-corrected chi connectivity index (χ4v) is 3.97. The summed E-state index contributed by atoms with van der Waals surface area (Å²) in [6.45, 7) is 1.57. The van der Waals surface area contributed by atoms with E-state index < -0.39 is 0 Å². The van der Waals surface area contributed by atoms with Gasteiger partial charge in [0.2, 0.25) is 0 Å².